The van der Waals surface area contributed by atoms with Crippen molar-refractivity contribution in [1.29, 1.82) is 0 Å². The second-order valence-electron chi connectivity index (χ2n) is 3.76. The fraction of sp³-hybridized carbons (Fsp3) is 0.400. The minimum absolute atomic E-state index is 0.114. The molecule has 2 N–H and O–H groups in total. The molecule has 1 amide bonds. The predicted octanol–water partition coefficient (Wildman–Crippen LogP) is 1.92. The molecule has 1 atom stereocenters. The molecule has 16 heavy (non-hydrogen) atoms. The Morgan fingerprint density at radius 1 is 1.44 bits per heavy atom. The van der Waals surface area contributed by atoms with Crippen molar-refractivity contribution in [2.24, 2.45) is 11.7 Å². The van der Waals surface area contributed by atoms with Gasteiger partial charge in [-0.3, -0.25) is 9.78 Å². The maximum Gasteiger partial charge on any atom is 0.227 e. The molecular formula is C10H11Br2N3O. The van der Waals surface area contributed by atoms with Crippen molar-refractivity contribution in [3.05, 3.63) is 21.3 Å². The zero-order valence-electron chi connectivity index (χ0n) is 8.49. The van der Waals surface area contributed by atoms with Gasteiger partial charge < -0.3 is 10.6 Å². The highest BCUT2D eigenvalue weighted by molar-refractivity contribution is 9.11. The van der Waals surface area contributed by atoms with Crippen molar-refractivity contribution < 1.29 is 4.79 Å². The summed E-state index contributed by atoms with van der Waals surface area (Å²) in [6.45, 7) is 1.22. The predicted molar refractivity (Wildman–Crippen MR) is 69.2 cm³/mol. The van der Waals surface area contributed by atoms with Crippen LogP contribution in [0.4, 0.5) is 5.69 Å². The van der Waals surface area contributed by atoms with Crippen molar-refractivity contribution in [2.75, 3.05) is 18.0 Å². The number of hydrogen-bond acceptors (Lipinski definition) is 3. The van der Waals surface area contributed by atoms with Crippen LogP contribution in [0.15, 0.2) is 21.3 Å². The molecule has 4 nitrogen and oxygen atoms in total. The van der Waals surface area contributed by atoms with Crippen LogP contribution >= 0.6 is 31.9 Å². The molecule has 1 aliphatic rings. The van der Waals surface area contributed by atoms with Crippen LogP contribution < -0.4 is 10.6 Å². The third-order valence-electron chi connectivity index (χ3n) is 2.64. The van der Waals surface area contributed by atoms with Gasteiger partial charge in [-0.25, -0.2) is 0 Å². The first kappa shape index (κ1) is 12.0. The number of nitrogens with zero attached hydrogens (tertiary/aromatic N) is 2. The number of pyridine rings is 1. The van der Waals surface area contributed by atoms with Gasteiger partial charge in [-0.15, -0.1) is 0 Å². The Hall–Kier alpha value is -0.460. The van der Waals surface area contributed by atoms with Gasteiger partial charge in [0.05, 0.1) is 14.6 Å². The van der Waals surface area contributed by atoms with Crippen molar-refractivity contribution in [1.82, 2.24) is 4.98 Å². The summed E-state index contributed by atoms with van der Waals surface area (Å²) in [7, 11) is 0. The zero-order valence-corrected chi connectivity index (χ0v) is 11.7. The summed E-state index contributed by atoms with van der Waals surface area (Å²) in [4.78, 5) is 17.6. The molecular weight excluding hydrogens is 338 g/mol. The molecule has 86 valence electrons. The highest BCUT2D eigenvalue weighted by Crippen LogP contribution is 2.36. The average molecular weight is 349 g/mol. The Morgan fingerprint density at radius 2 is 2.06 bits per heavy atom. The first-order valence-electron chi connectivity index (χ1n) is 4.93. The van der Waals surface area contributed by atoms with E-state index in [4.69, 9.17) is 5.73 Å². The lowest BCUT2D eigenvalue weighted by Gasteiger charge is -2.19. The Labute approximate surface area is 110 Å². The molecule has 1 aliphatic heterocycles. The quantitative estimate of drug-likeness (QED) is 0.888. The molecule has 1 aromatic heterocycles. The van der Waals surface area contributed by atoms with Gasteiger partial charge >= 0.3 is 0 Å². The lowest BCUT2D eigenvalue weighted by atomic mass is 10.1. The smallest absolute Gasteiger partial charge is 0.227 e. The summed E-state index contributed by atoms with van der Waals surface area (Å²) in [6.07, 6.45) is 3.89. The molecule has 0 spiro atoms. The SMILES string of the molecule is NCC1CC(=O)N(c2c(Br)cncc2Br)C1. The molecule has 0 bridgehead atoms. The monoisotopic (exact) mass is 347 g/mol. The molecule has 2 heterocycles. The van der Waals surface area contributed by atoms with E-state index in [-0.39, 0.29) is 11.8 Å². The van der Waals surface area contributed by atoms with Gasteiger partial charge in [0, 0.05) is 25.4 Å². The van der Waals surface area contributed by atoms with E-state index in [1.165, 1.54) is 0 Å². The van der Waals surface area contributed by atoms with Crippen LogP contribution in [0.5, 0.6) is 0 Å². The highest BCUT2D eigenvalue weighted by Gasteiger charge is 2.31. The standard InChI is InChI=1S/C10H11Br2N3O/c11-7-3-14-4-8(12)10(7)15-5-6(2-13)1-9(15)16/h3-4,6H,1-2,5,13H2. The lowest BCUT2D eigenvalue weighted by Crippen LogP contribution is -2.26. The normalized spacial score (nSPS) is 20.6. The summed E-state index contributed by atoms with van der Waals surface area (Å²) in [5, 5.41) is 0. The molecule has 1 aromatic rings. The number of rotatable bonds is 2. The molecule has 1 saturated heterocycles. The number of nitrogens with two attached hydrogens (primary N) is 1. The Balaban J connectivity index is 2.35. The summed E-state index contributed by atoms with van der Waals surface area (Å²) >= 11 is 6.82. The summed E-state index contributed by atoms with van der Waals surface area (Å²) in [5.41, 5.74) is 6.44. The second-order valence-corrected chi connectivity index (χ2v) is 5.47. The second kappa shape index (κ2) is 4.81. The molecule has 0 aliphatic carbocycles. The number of aromatic nitrogens is 1. The summed E-state index contributed by atoms with van der Waals surface area (Å²) < 4.78 is 1.63. The van der Waals surface area contributed by atoms with Crippen LogP contribution in [-0.2, 0) is 4.79 Å². The van der Waals surface area contributed by atoms with Gasteiger partial charge in [0.2, 0.25) is 5.91 Å². The fourth-order valence-corrected chi connectivity index (χ4v) is 3.18. The Bertz CT molecular complexity index is 404. The van der Waals surface area contributed by atoms with Gasteiger partial charge in [0.1, 0.15) is 0 Å². The van der Waals surface area contributed by atoms with E-state index >= 15 is 0 Å². The van der Waals surface area contributed by atoms with Gasteiger partial charge in [0.15, 0.2) is 0 Å². The fourth-order valence-electron chi connectivity index (χ4n) is 1.82. The van der Waals surface area contributed by atoms with Crippen LogP contribution in [0, 0.1) is 5.92 Å². The van der Waals surface area contributed by atoms with Crippen LogP contribution in [0.25, 0.3) is 0 Å². The first-order valence-corrected chi connectivity index (χ1v) is 6.51. The van der Waals surface area contributed by atoms with E-state index in [1.807, 2.05) is 0 Å². The zero-order chi connectivity index (χ0) is 11.7. The van der Waals surface area contributed by atoms with Crippen molar-refractivity contribution in [3.8, 4) is 0 Å². The molecule has 6 heteroatoms. The molecule has 1 fully saturated rings. The third kappa shape index (κ3) is 2.14. The molecule has 0 aromatic carbocycles. The van der Waals surface area contributed by atoms with Gasteiger partial charge in [-0.2, -0.15) is 0 Å². The average Bonchev–Trinajstić information content (AvgIpc) is 2.60. The van der Waals surface area contributed by atoms with E-state index in [9.17, 15) is 4.79 Å². The number of hydrogen-bond donors (Lipinski definition) is 1. The molecule has 0 radical (unpaired) electrons. The molecule has 1 unspecified atom stereocenters. The van der Waals surface area contributed by atoms with Crippen LogP contribution in [0.3, 0.4) is 0 Å². The number of carbonyl (C=O) groups is 1. The van der Waals surface area contributed by atoms with Crippen molar-refractivity contribution in [2.45, 2.75) is 6.42 Å². The minimum Gasteiger partial charge on any atom is -0.330 e. The van der Waals surface area contributed by atoms with Gasteiger partial charge in [-0.1, -0.05) is 0 Å². The highest BCUT2D eigenvalue weighted by atomic mass is 79.9. The number of amides is 1. The molecule has 0 saturated carbocycles. The minimum atomic E-state index is 0.114. The third-order valence-corrected chi connectivity index (χ3v) is 3.80. The van der Waals surface area contributed by atoms with Crippen LogP contribution in [-0.4, -0.2) is 24.0 Å². The topological polar surface area (TPSA) is 59.2 Å². The maximum atomic E-state index is 11.9. The van der Waals surface area contributed by atoms with E-state index in [1.54, 1.807) is 17.3 Å². The lowest BCUT2D eigenvalue weighted by molar-refractivity contribution is -0.117. The number of carbonyl (C=O) groups excluding carboxylic acids is 1. The maximum absolute atomic E-state index is 11.9. The Morgan fingerprint density at radius 3 is 2.56 bits per heavy atom. The van der Waals surface area contributed by atoms with E-state index < -0.39 is 0 Å². The molecule has 2 rings (SSSR count). The van der Waals surface area contributed by atoms with Gasteiger partial charge in [0.25, 0.3) is 0 Å². The summed E-state index contributed by atoms with van der Waals surface area (Å²) in [5.74, 6) is 0.363. The van der Waals surface area contributed by atoms with E-state index in [0.29, 0.717) is 19.5 Å². The first-order chi connectivity index (χ1) is 7.63. The number of anilines is 1. The number of halogens is 2. The van der Waals surface area contributed by atoms with Crippen LogP contribution in [0.1, 0.15) is 6.42 Å². The van der Waals surface area contributed by atoms with E-state index in [2.05, 4.69) is 36.8 Å². The van der Waals surface area contributed by atoms with Crippen molar-refractivity contribution >= 4 is 43.5 Å². The largest absolute Gasteiger partial charge is 0.330 e. The van der Waals surface area contributed by atoms with E-state index in [0.717, 1.165) is 14.6 Å². The van der Waals surface area contributed by atoms with Crippen LogP contribution in [0.2, 0.25) is 0 Å². The van der Waals surface area contributed by atoms with Gasteiger partial charge in [-0.05, 0) is 44.3 Å². The summed E-state index contributed by atoms with van der Waals surface area (Å²) in [6, 6.07) is 0. The van der Waals surface area contributed by atoms with Crippen molar-refractivity contribution in [3.63, 3.8) is 0 Å². The Kier molecular flexibility index (Phi) is 3.61.